The maximum absolute atomic E-state index is 3.78. The minimum Gasteiger partial charge on any atom is -0.309 e. The van der Waals surface area contributed by atoms with E-state index in [2.05, 4.69) is 160 Å². The number of para-hydroxylation sites is 2. The summed E-state index contributed by atoms with van der Waals surface area (Å²) in [7, 11) is 0. The molecule has 3 heterocycles. The zero-order valence-electron chi connectivity index (χ0n) is 22.7. The monoisotopic (exact) mass is 556 g/mol. The van der Waals surface area contributed by atoms with Crippen LogP contribution in [0, 0.1) is 0 Å². The topological polar surface area (TPSA) is 20.0 Å². The third-order valence-electron chi connectivity index (χ3n) is 8.47. The van der Waals surface area contributed by atoms with Gasteiger partial charge in [-0.1, -0.05) is 91.0 Å². The van der Waals surface area contributed by atoms with Crippen LogP contribution in [0.2, 0.25) is 0 Å². The first-order valence-corrected chi connectivity index (χ1v) is 15.1. The zero-order chi connectivity index (χ0) is 27.6. The molecule has 0 saturated heterocycles. The molecule has 6 aromatic carbocycles. The second-order valence-corrected chi connectivity index (χ2v) is 12.0. The van der Waals surface area contributed by atoms with Crippen molar-refractivity contribution in [3.63, 3.8) is 0 Å². The van der Waals surface area contributed by atoms with Crippen LogP contribution in [0.15, 0.2) is 146 Å². The van der Waals surface area contributed by atoms with Gasteiger partial charge in [-0.2, -0.15) is 4.58 Å². The summed E-state index contributed by atoms with van der Waals surface area (Å²) in [6.45, 7) is 0. The molecule has 4 heteroatoms. The van der Waals surface area contributed by atoms with Crippen LogP contribution in [0.25, 0.3) is 47.7 Å². The average molecular weight is 557 g/mol. The lowest BCUT2D eigenvalue weighted by Gasteiger charge is -2.29. The van der Waals surface area contributed by atoms with Crippen LogP contribution >= 0.6 is 11.3 Å². The van der Waals surface area contributed by atoms with Crippen LogP contribution in [0.1, 0.15) is 17.3 Å². The molecule has 1 N–H and O–H groups in total. The van der Waals surface area contributed by atoms with Crippen molar-refractivity contribution in [2.75, 3.05) is 0 Å². The maximum Gasteiger partial charge on any atom is 0.289 e. The predicted molar refractivity (Wildman–Crippen MR) is 176 cm³/mol. The van der Waals surface area contributed by atoms with Crippen LogP contribution < -0.4 is 5.32 Å². The van der Waals surface area contributed by atoms with E-state index in [4.69, 9.17) is 0 Å². The fraction of sp³-hybridized carbons (Fsp3) is 0.0263. The van der Waals surface area contributed by atoms with E-state index in [1.807, 2.05) is 11.3 Å². The SMILES string of the molecule is c1ccc(C2NC(c3cccc(-n4c5ccccc5c5cc6c(cc54)sc4ccccc46)c3)=[N+]2c2ccccc2)cc1. The van der Waals surface area contributed by atoms with E-state index in [0.717, 1.165) is 17.1 Å². The van der Waals surface area contributed by atoms with Gasteiger partial charge < -0.3 is 4.57 Å². The Morgan fingerprint density at radius 2 is 1.29 bits per heavy atom. The number of hydrogen-bond acceptors (Lipinski definition) is 2. The summed E-state index contributed by atoms with van der Waals surface area (Å²) in [5, 5.41) is 9.01. The molecule has 0 bridgehead atoms. The van der Waals surface area contributed by atoms with Crippen LogP contribution in [-0.4, -0.2) is 15.0 Å². The molecule has 8 aromatic rings. The molecule has 0 spiro atoms. The third kappa shape index (κ3) is 3.49. The van der Waals surface area contributed by atoms with Crippen molar-refractivity contribution in [3.05, 3.63) is 157 Å². The first kappa shape index (κ1) is 23.5. The number of amidine groups is 1. The summed E-state index contributed by atoms with van der Waals surface area (Å²) in [5.74, 6) is 1.12. The molecule has 1 unspecified atom stereocenters. The lowest BCUT2D eigenvalue weighted by molar-refractivity contribution is -0.531. The van der Waals surface area contributed by atoms with Crippen molar-refractivity contribution < 1.29 is 4.58 Å². The van der Waals surface area contributed by atoms with Crippen molar-refractivity contribution >= 4 is 64.8 Å². The van der Waals surface area contributed by atoms with Crippen LogP contribution in [-0.2, 0) is 0 Å². The second-order valence-electron chi connectivity index (χ2n) is 10.9. The Balaban J connectivity index is 1.26. The summed E-state index contributed by atoms with van der Waals surface area (Å²) in [4.78, 5) is 0. The van der Waals surface area contributed by atoms with Crippen molar-refractivity contribution in [1.29, 1.82) is 0 Å². The molecule has 0 saturated carbocycles. The van der Waals surface area contributed by atoms with E-state index in [1.165, 1.54) is 53.2 Å². The van der Waals surface area contributed by atoms with Gasteiger partial charge in [0.05, 0.1) is 16.6 Å². The number of nitrogens with zero attached hydrogens (tertiary/aromatic N) is 2. The van der Waals surface area contributed by atoms with Gasteiger partial charge in [0.2, 0.25) is 0 Å². The molecule has 1 atom stereocenters. The van der Waals surface area contributed by atoms with Gasteiger partial charge in [-0.05, 0) is 54.6 Å². The molecule has 1 aliphatic heterocycles. The molecule has 0 fully saturated rings. The van der Waals surface area contributed by atoms with Gasteiger partial charge in [0.25, 0.3) is 12.0 Å². The van der Waals surface area contributed by atoms with Crippen molar-refractivity contribution in [3.8, 4) is 5.69 Å². The van der Waals surface area contributed by atoms with Gasteiger partial charge >= 0.3 is 0 Å². The second kappa shape index (κ2) is 9.16. The summed E-state index contributed by atoms with van der Waals surface area (Å²) in [6.07, 6.45) is 0.0849. The summed E-state index contributed by atoms with van der Waals surface area (Å²) in [5.41, 5.74) is 7.20. The lowest BCUT2D eigenvalue weighted by atomic mass is 10.0. The normalized spacial score (nSPS) is 15.0. The van der Waals surface area contributed by atoms with Crippen LogP contribution in [0.5, 0.6) is 0 Å². The molecule has 3 nitrogen and oxygen atoms in total. The molecule has 42 heavy (non-hydrogen) atoms. The Morgan fingerprint density at radius 3 is 2.14 bits per heavy atom. The quantitative estimate of drug-likeness (QED) is 0.214. The maximum atomic E-state index is 3.78. The number of benzene rings is 6. The standard InChI is InChI=1S/C38H25N3S/c1-3-12-25(13-4-1)37-39-38(41(37)27-15-5-2-6-16-27)26-14-11-17-28(22-26)40-33-20-9-7-18-29(33)31-23-32-30-19-8-10-21-35(30)42-36(32)24-34(31)40/h1-24,37H/p+1. The van der Waals surface area contributed by atoms with Gasteiger partial charge in [0, 0.05) is 42.2 Å². The van der Waals surface area contributed by atoms with Crippen LogP contribution in [0.4, 0.5) is 5.69 Å². The van der Waals surface area contributed by atoms with E-state index < -0.39 is 0 Å². The number of thiophene rings is 1. The Hall–Kier alpha value is -5.19. The zero-order valence-corrected chi connectivity index (χ0v) is 23.6. The van der Waals surface area contributed by atoms with Crippen molar-refractivity contribution in [1.82, 2.24) is 9.88 Å². The van der Waals surface area contributed by atoms with Gasteiger partial charge in [-0.3, -0.25) is 0 Å². The van der Waals surface area contributed by atoms with Gasteiger partial charge in [-0.15, -0.1) is 11.3 Å². The fourth-order valence-electron chi connectivity index (χ4n) is 6.54. The minimum atomic E-state index is 0.0849. The highest BCUT2D eigenvalue weighted by molar-refractivity contribution is 7.25. The highest BCUT2D eigenvalue weighted by Crippen LogP contribution is 2.40. The Morgan fingerprint density at radius 1 is 0.548 bits per heavy atom. The highest BCUT2D eigenvalue weighted by atomic mass is 32.1. The smallest absolute Gasteiger partial charge is 0.289 e. The molecule has 0 amide bonds. The summed E-state index contributed by atoms with van der Waals surface area (Å²) >= 11 is 1.87. The Bertz CT molecular complexity index is 2330. The molecular formula is C38H26N3S+. The predicted octanol–water partition coefficient (Wildman–Crippen LogP) is 9.54. The molecule has 0 aliphatic carbocycles. The molecular weight excluding hydrogens is 531 g/mol. The van der Waals surface area contributed by atoms with Gasteiger partial charge in [0.1, 0.15) is 5.69 Å². The van der Waals surface area contributed by atoms with E-state index in [9.17, 15) is 0 Å². The summed E-state index contributed by atoms with van der Waals surface area (Å²) in [6, 6.07) is 52.6. The first-order valence-electron chi connectivity index (χ1n) is 14.3. The first-order chi connectivity index (χ1) is 20.8. The largest absolute Gasteiger partial charge is 0.309 e. The third-order valence-corrected chi connectivity index (χ3v) is 9.60. The molecule has 198 valence electrons. The summed E-state index contributed by atoms with van der Waals surface area (Å²) < 4.78 is 7.49. The minimum absolute atomic E-state index is 0.0849. The number of aromatic nitrogens is 1. The number of hydrogen-bond donors (Lipinski definition) is 1. The Labute approximate surface area is 247 Å². The Kier molecular flexibility index (Phi) is 5.13. The van der Waals surface area contributed by atoms with Crippen LogP contribution in [0.3, 0.4) is 0 Å². The number of nitrogens with one attached hydrogen (secondary N) is 1. The lowest BCUT2D eigenvalue weighted by Crippen LogP contribution is -2.51. The average Bonchev–Trinajstić information content (AvgIpc) is 3.55. The fourth-order valence-corrected chi connectivity index (χ4v) is 7.66. The van der Waals surface area contributed by atoms with E-state index in [1.54, 1.807) is 0 Å². The molecule has 9 rings (SSSR count). The van der Waals surface area contributed by atoms with Crippen molar-refractivity contribution in [2.45, 2.75) is 6.17 Å². The van der Waals surface area contributed by atoms with Crippen molar-refractivity contribution in [2.24, 2.45) is 0 Å². The molecule has 1 aliphatic rings. The van der Waals surface area contributed by atoms with E-state index in [0.29, 0.717) is 0 Å². The molecule has 0 radical (unpaired) electrons. The number of rotatable bonds is 4. The van der Waals surface area contributed by atoms with Gasteiger partial charge in [-0.25, -0.2) is 5.32 Å². The van der Waals surface area contributed by atoms with E-state index >= 15 is 0 Å². The number of fused-ring (bicyclic) bond motifs is 6. The van der Waals surface area contributed by atoms with Gasteiger partial charge in [0.15, 0.2) is 0 Å². The van der Waals surface area contributed by atoms with E-state index in [-0.39, 0.29) is 6.17 Å². The highest BCUT2D eigenvalue weighted by Gasteiger charge is 2.40. The molecule has 2 aromatic heterocycles.